The average Bonchev–Trinajstić information content (AvgIpc) is 2.73. The molecule has 0 saturated heterocycles. The molecule has 4 rings (SSSR count). The zero-order valence-electron chi connectivity index (χ0n) is 17.6. The van der Waals surface area contributed by atoms with Crippen LogP contribution < -0.4 is 26.2 Å². The Morgan fingerprint density at radius 1 is 1.12 bits per heavy atom. The van der Waals surface area contributed by atoms with Crippen molar-refractivity contribution in [1.29, 1.82) is 0 Å². The van der Waals surface area contributed by atoms with E-state index in [2.05, 4.69) is 30.7 Å². The number of hydrogen-bond donors (Lipinski definition) is 4. The van der Waals surface area contributed by atoms with Crippen molar-refractivity contribution >= 4 is 35.0 Å². The number of fused-ring (bicyclic) bond motifs is 1. The summed E-state index contributed by atoms with van der Waals surface area (Å²) in [6.45, 7) is 1.92. The van der Waals surface area contributed by atoms with Crippen LogP contribution in [0.2, 0.25) is 0 Å². The van der Waals surface area contributed by atoms with Gasteiger partial charge in [-0.15, -0.1) is 13.2 Å². The molecule has 0 radical (unpaired) electrons. The molecule has 0 saturated carbocycles. The summed E-state index contributed by atoms with van der Waals surface area (Å²) >= 11 is 0. The van der Waals surface area contributed by atoms with Gasteiger partial charge in [-0.05, 0) is 31.2 Å². The number of alkyl halides is 3. The Labute approximate surface area is 190 Å². The number of nitrogens with one attached hydrogen (secondary N) is 4. The van der Waals surface area contributed by atoms with Gasteiger partial charge in [-0.25, -0.2) is 0 Å². The van der Waals surface area contributed by atoms with Crippen LogP contribution in [-0.2, 0) is 9.59 Å². The maximum Gasteiger partial charge on any atom is 0.573 e. The normalized spacial score (nSPS) is 15.2. The van der Waals surface area contributed by atoms with Gasteiger partial charge in [0.15, 0.2) is 0 Å². The highest BCUT2D eigenvalue weighted by Crippen LogP contribution is 2.31. The van der Waals surface area contributed by atoms with Gasteiger partial charge in [-0.1, -0.05) is 23.8 Å². The summed E-state index contributed by atoms with van der Waals surface area (Å²) < 4.78 is 41.2. The maximum absolute atomic E-state index is 12.9. The minimum atomic E-state index is -4.90. The number of carbonyl (C=O) groups excluding carboxylic acids is 2. The number of nitrogens with zero attached hydrogens (tertiary/aromatic N) is 1. The van der Waals surface area contributed by atoms with E-state index >= 15 is 0 Å². The highest BCUT2D eigenvalue weighted by atomic mass is 19.4. The number of carbonyl (C=O) groups is 2. The van der Waals surface area contributed by atoms with Gasteiger partial charge < -0.3 is 20.7 Å². The van der Waals surface area contributed by atoms with Gasteiger partial charge in [-0.2, -0.15) is 4.98 Å². The summed E-state index contributed by atoms with van der Waals surface area (Å²) in [7, 11) is 0. The fourth-order valence-corrected chi connectivity index (χ4v) is 3.43. The van der Waals surface area contributed by atoms with Crippen LogP contribution in [0.5, 0.6) is 5.75 Å². The minimum Gasteiger partial charge on any atom is -0.406 e. The molecule has 176 valence electrons. The Bertz CT molecular complexity index is 1310. The van der Waals surface area contributed by atoms with Crippen molar-refractivity contribution < 1.29 is 27.5 Å². The van der Waals surface area contributed by atoms with Gasteiger partial charge in [0.05, 0.1) is 11.5 Å². The molecule has 1 atom stereocenters. The molecule has 34 heavy (non-hydrogen) atoms. The van der Waals surface area contributed by atoms with Crippen LogP contribution in [0.25, 0.3) is 0 Å². The van der Waals surface area contributed by atoms with E-state index in [-0.39, 0.29) is 29.4 Å². The Morgan fingerprint density at radius 3 is 2.56 bits per heavy atom. The molecule has 1 aromatic heterocycles. The number of amides is 2. The lowest BCUT2D eigenvalue weighted by Crippen LogP contribution is -2.36. The largest absolute Gasteiger partial charge is 0.573 e. The van der Waals surface area contributed by atoms with Gasteiger partial charge >= 0.3 is 6.36 Å². The third-order valence-electron chi connectivity index (χ3n) is 4.92. The number of benzene rings is 2. The van der Waals surface area contributed by atoms with Crippen LogP contribution in [0.15, 0.2) is 53.3 Å². The van der Waals surface area contributed by atoms with Gasteiger partial charge in [0.1, 0.15) is 11.6 Å². The van der Waals surface area contributed by atoms with E-state index in [1.807, 2.05) is 19.1 Å². The second-order valence-electron chi connectivity index (χ2n) is 7.54. The number of aromatic amines is 1. The Hall–Kier alpha value is -4.35. The lowest BCUT2D eigenvalue weighted by molar-refractivity contribution is -0.274. The molecule has 1 aliphatic heterocycles. The van der Waals surface area contributed by atoms with Crippen molar-refractivity contribution in [3.05, 3.63) is 70.0 Å². The van der Waals surface area contributed by atoms with E-state index < -0.39 is 35.4 Å². The third kappa shape index (κ3) is 5.34. The SMILES string of the molecule is Cc1ccc(Nc2nc3c(c(=O)[nH]2)C(C(=O)Nc2cccc(OC(F)(F)F)c2)CC(=O)N3)cc1. The summed E-state index contributed by atoms with van der Waals surface area (Å²) in [5.41, 5.74) is 0.977. The predicted molar refractivity (Wildman–Crippen MR) is 117 cm³/mol. The van der Waals surface area contributed by atoms with Crippen molar-refractivity contribution in [2.45, 2.75) is 25.6 Å². The van der Waals surface area contributed by atoms with Gasteiger partial charge in [0.25, 0.3) is 5.56 Å². The molecular weight excluding hydrogens is 455 g/mol. The average molecular weight is 473 g/mol. The van der Waals surface area contributed by atoms with Crippen LogP contribution in [-0.4, -0.2) is 28.1 Å². The molecule has 0 fully saturated rings. The summed E-state index contributed by atoms with van der Waals surface area (Å²) in [4.78, 5) is 44.7. The molecule has 4 N–H and O–H groups in total. The quantitative estimate of drug-likeness (QED) is 0.447. The Kier molecular flexibility index (Phi) is 5.97. The summed E-state index contributed by atoms with van der Waals surface area (Å²) in [6.07, 6.45) is -5.24. The Morgan fingerprint density at radius 2 is 1.85 bits per heavy atom. The van der Waals surface area contributed by atoms with Gasteiger partial charge in [0, 0.05) is 23.9 Å². The van der Waals surface area contributed by atoms with Gasteiger partial charge in [0.2, 0.25) is 17.8 Å². The lowest BCUT2D eigenvalue weighted by Gasteiger charge is -2.23. The first kappa shape index (κ1) is 22.8. The number of aryl methyl sites for hydroxylation is 1. The van der Waals surface area contributed by atoms with Crippen molar-refractivity contribution in [2.75, 3.05) is 16.0 Å². The minimum absolute atomic E-state index is 0.00123. The lowest BCUT2D eigenvalue weighted by atomic mass is 9.92. The number of halogens is 3. The fraction of sp³-hybridized carbons (Fsp3) is 0.182. The molecule has 9 nitrogen and oxygen atoms in total. The number of rotatable bonds is 5. The van der Waals surface area contributed by atoms with Crippen LogP contribution in [0, 0.1) is 6.92 Å². The van der Waals surface area contributed by atoms with E-state index in [4.69, 9.17) is 0 Å². The number of ether oxygens (including phenoxy) is 1. The molecule has 2 amide bonds. The first-order chi connectivity index (χ1) is 16.1. The van der Waals surface area contributed by atoms with Crippen molar-refractivity contribution in [1.82, 2.24) is 9.97 Å². The molecule has 1 unspecified atom stereocenters. The smallest absolute Gasteiger partial charge is 0.406 e. The fourth-order valence-electron chi connectivity index (χ4n) is 3.43. The summed E-state index contributed by atoms with van der Waals surface area (Å²) in [5.74, 6) is -3.05. The topological polar surface area (TPSA) is 125 Å². The molecule has 3 aromatic rings. The molecule has 0 aliphatic carbocycles. The molecule has 1 aliphatic rings. The van der Waals surface area contributed by atoms with Crippen LogP contribution in [0.1, 0.15) is 23.5 Å². The molecule has 0 bridgehead atoms. The summed E-state index contributed by atoms with van der Waals surface area (Å²) in [5, 5.41) is 7.83. The Balaban J connectivity index is 1.58. The first-order valence-electron chi connectivity index (χ1n) is 10.0. The monoisotopic (exact) mass is 473 g/mol. The third-order valence-corrected chi connectivity index (χ3v) is 4.92. The second-order valence-corrected chi connectivity index (χ2v) is 7.54. The van der Waals surface area contributed by atoms with E-state index in [0.29, 0.717) is 5.69 Å². The molecular formula is C22H18F3N5O4. The van der Waals surface area contributed by atoms with E-state index in [9.17, 15) is 27.6 Å². The van der Waals surface area contributed by atoms with Crippen LogP contribution in [0.3, 0.4) is 0 Å². The maximum atomic E-state index is 12.9. The van der Waals surface area contributed by atoms with Crippen molar-refractivity contribution in [3.63, 3.8) is 0 Å². The zero-order chi connectivity index (χ0) is 24.5. The number of hydrogen-bond acceptors (Lipinski definition) is 6. The molecule has 0 spiro atoms. The van der Waals surface area contributed by atoms with E-state index in [0.717, 1.165) is 17.7 Å². The van der Waals surface area contributed by atoms with Crippen LogP contribution >= 0.6 is 0 Å². The standard InChI is InChI=1S/C22H18F3N5O4/c1-11-5-7-12(8-6-11)27-21-29-18-17(20(33)30-21)15(10-16(31)28-18)19(32)26-13-3-2-4-14(9-13)34-22(23,24)25/h2-9,15H,10H2,1H3,(H,26,32)(H3,27,28,29,30,31,33). The first-order valence-corrected chi connectivity index (χ1v) is 10.0. The molecule has 12 heteroatoms. The van der Waals surface area contributed by atoms with E-state index in [1.54, 1.807) is 12.1 Å². The second kappa shape index (κ2) is 8.89. The molecule has 2 heterocycles. The predicted octanol–water partition coefficient (Wildman–Crippen LogP) is 3.79. The number of aromatic nitrogens is 2. The number of anilines is 4. The highest BCUT2D eigenvalue weighted by Gasteiger charge is 2.35. The van der Waals surface area contributed by atoms with E-state index in [1.165, 1.54) is 12.1 Å². The zero-order valence-corrected chi connectivity index (χ0v) is 17.6. The number of H-pyrrole nitrogens is 1. The van der Waals surface area contributed by atoms with Crippen molar-refractivity contribution in [2.24, 2.45) is 0 Å². The van der Waals surface area contributed by atoms with Gasteiger partial charge in [-0.3, -0.25) is 19.4 Å². The molecule has 2 aromatic carbocycles. The highest BCUT2D eigenvalue weighted by molar-refractivity contribution is 6.04. The van der Waals surface area contributed by atoms with Crippen LogP contribution in [0.4, 0.5) is 36.3 Å². The summed E-state index contributed by atoms with van der Waals surface area (Å²) in [6, 6.07) is 11.9. The van der Waals surface area contributed by atoms with Crippen molar-refractivity contribution in [3.8, 4) is 5.75 Å².